The van der Waals surface area contributed by atoms with E-state index in [1.165, 1.54) is 6.07 Å². The fourth-order valence-electron chi connectivity index (χ4n) is 1.50. The topological polar surface area (TPSA) is 101 Å². The number of rotatable bonds is 4. The van der Waals surface area contributed by atoms with E-state index in [4.69, 9.17) is 23.2 Å². The number of amides is 1. The molecule has 0 aliphatic rings. The molecule has 0 spiro atoms. The maximum absolute atomic E-state index is 11.9. The Hall–Kier alpha value is -2.12. The van der Waals surface area contributed by atoms with E-state index < -0.39 is 16.5 Å². The van der Waals surface area contributed by atoms with Crippen LogP contribution in [0.1, 0.15) is 16.2 Å². The first-order valence-corrected chi connectivity index (χ1v) is 6.14. The average molecular weight is 315 g/mol. The van der Waals surface area contributed by atoms with Crippen molar-refractivity contribution in [2.45, 2.75) is 6.54 Å². The van der Waals surface area contributed by atoms with Crippen LogP contribution in [0.5, 0.6) is 0 Å². The number of imidazole rings is 1. The summed E-state index contributed by atoms with van der Waals surface area (Å²) in [6.07, 6.45) is 3.16. The Labute approximate surface area is 123 Å². The van der Waals surface area contributed by atoms with Crippen molar-refractivity contribution in [1.82, 2.24) is 15.3 Å². The monoisotopic (exact) mass is 314 g/mol. The molecule has 1 amide bonds. The number of nitrogens with one attached hydrogen (secondary N) is 2. The molecule has 1 aromatic carbocycles. The van der Waals surface area contributed by atoms with Crippen LogP contribution in [-0.4, -0.2) is 20.8 Å². The summed E-state index contributed by atoms with van der Waals surface area (Å²) in [5.74, 6) is 0.0518. The summed E-state index contributed by atoms with van der Waals surface area (Å²) in [4.78, 5) is 28.8. The Morgan fingerprint density at radius 1 is 1.45 bits per heavy atom. The van der Waals surface area contributed by atoms with Crippen molar-refractivity contribution in [3.8, 4) is 0 Å². The van der Waals surface area contributed by atoms with Crippen LogP contribution in [0.2, 0.25) is 10.0 Å². The zero-order valence-corrected chi connectivity index (χ0v) is 11.4. The zero-order valence-electron chi connectivity index (χ0n) is 9.89. The van der Waals surface area contributed by atoms with E-state index in [1.807, 2.05) is 0 Å². The molecule has 2 aromatic rings. The van der Waals surface area contributed by atoms with Gasteiger partial charge >= 0.3 is 0 Å². The van der Waals surface area contributed by atoms with Gasteiger partial charge in [-0.3, -0.25) is 14.9 Å². The van der Waals surface area contributed by atoms with E-state index in [0.29, 0.717) is 5.82 Å². The van der Waals surface area contributed by atoms with Gasteiger partial charge in [0.05, 0.1) is 16.5 Å². The number of carbonyl (C=O) groups is 1. The first-order valence-electron chi connectivity index (χ1n) is 5.39. The van der Waals surface area contributed by atoms with Gasteiger partial charge in [-0.25, -0.2) is 4.98 Å². The molecule has 104 valence electrons. The van der Waals surface area contributed by atoms with Crippen LogP contribution in [0, 0.1) is 10.1 Å². The van der Waals surface area contributed by atoms with Gasteiger partial charge in [-0.1, -0.05) is 23.2 Å². The number of hydrogen-bond acceptors (Lipinski definition) is 4. The molecule has 20 heavy (non-hydrogen) atoms. The molecule has 1 aromatic heterocycles. The molecule has 0 bridgehead atoms. The normalized spacial score (nSPS) is 10.3. The van der Waals surface area contributed by atoms with Crippen molar-refractivity contribution in [3.63, 3.8) is 0 Å². The van der Waals surface area contributed by atoms with Crippen molar-refractivity contribution in [2.75, 3.05) is 0 Å². The third kappa shape index (κ3) is 3.06. The van der Waals surface area contributed by atoms with Crippen LogP contribution >= 0.6 is 23.2 Å². The summed E-state index contributed by atoms with van der Waals surface area (Å²) in [6.45, 7) is 0.167. The van der Waals surface area contributed by atoms with Gasteiger partial charge in [0.1, 0.15) is 10.8 Å². The second-order valence-corrected chi connectivity index (χ2v) is 4.55. The summed E-state index contributed by atoms with van der Waals surface area (Å²) in [5, 5.41) is 13.1. The number of nitrogens with zero attached hydrogens (tertiary/aromatic N) is 2. The Morgan fingerprint density at radius 3 is 2.80 bits per heavy atom. The number of H-pyrrole nitrogens is 1. The maximum atomic E-state index is 11.9. The Kier molecular flexibility index (Phi) is 4.21. The molecular formula is C11H8Cl2N4O3. The third-order valence-corrected chi connectivity index (χ3v) is 3.23. The van der Waals surface area contributed by atoms with Crippen LogP contribution in [0.4, 0.5) is 5.69 Å². The molecule has 0 saturated carbocycles. The highest BCUT2D eigenvalue weighted by Gasteiger charge is 2.20. The molecule has 0 atom stereocenters. The van der Waals surface area contributed by atoms with Gasteiger partial charge in [0.2, 0.25) is 0 Å². The number of nitro benzene ring substituents is 1. The summed E-state index contributed by atoms with van der Waals surface area (Å²) >= 11 is 11.5. The SMILES string of the molecule is O=C(NCc1ncc[nH]1)c1cc(Cl)c(Cl)c([N+](=O)[O-])c1. The second-order valence-electron chi connectivity index (χ2n) is 3.77. The minimum absolute atomic E-state index is 0.0518. The van der Waals surface area contributed by atoms with Crippen molar-refractivity contribution in [2.24, 2.45) is 0 Å². The van der Waals surface area contributed by atoms with E-state index in [9.17, 15) is 14.9 Å². The van der Waals surface area contributed by atoms with Gasteiger partial charge in [0, 0.05) is 24.0 Å². The summed E-state index contributed by atoms with van der Waals surface area (Å²) in [7, 11) is 0. The maximum Gasteiger partial charge on any atom is 0.290 e. The van der Waals surface area contributed by atoms with Gasteiger partial charge in [0.25, 0.3) is 11.6 Å². The van der Waals surface area contributed by atoms with Crippen molar-refractivity contribution < 1.29 is 9.72 Å². The highest BCUT2D eigenvalue weighted by atomic mass is 35.5. The van der Waals surface area contributed by atoms with Crippen LogP contribution in [0.15, 0.2) is 24.5 Å². The van der Waals surface area contributed by atoms with E-state index in [2.05, 4.69) is 15.3 Å². The smallest absolute Gasteiger partial charge is 0.290 e. The van der Waals surface area contributed by atoms with Gasteiger partial charge in [-0.2, -0.15) is 0 Å². The zero-order chi connectivity index (χ0) is 14.7. The fraction of sp³-hybridized carbons (Fsp3) is 0.0909. The molecule has 0 aliphatic carbocycles. The summed E-state index contributed by atoms with van der Waals surface area (Å²) in [5.41, 5.74) is -0.361. The lowest BCUT2D eigenvalue weighted by Gasteiger charge is -2.05. The molecule has 9 heteroatoms. The highest BCUT2D eigenvalue weighted by Crippen LogP contribution is 2.32. The standard InChI is InChI=1S/C11H8Cl2N4O3/c12-7-3-6(4-8(10(7)13)17(19)20)11(18)16-5-9-14-1-2-15-9/h1-4H,5H2,(H,14,15)(H,16,18). The van der Waals surface area contributed by atoms with Gasteiger partial charge < -0.3 is 10.3 Å². The predicted molar refractivity (Wildman–Crippen MR) is 72.9 cm³/mol. The molecule has 0 unspecified atom stereocenters. The highest BCUT2D eigenvalue weighted by molar-refractivity contribution is 6.43. The van der Waals surface area contributed by atoms with E-state index >= 15 is 0 Å². The van der Waals surface area contributed by atoms with Crippen LogP contribution in [-0.2, 0) is 6.54 Å². The Balaban J connectivity index is 2.19. The molecular weight excluding hydrogens is 307 g/mol. The third-order valence-electron chi connectivity index (χ3n) is 2.44. The number of hydrogen-bond donors (Lipinski definition) is 2. The second kappa shape index (κ2) is 5.89. The molecule has 7 nitrogen and oxygen atoms in total. The Bertz CT molecular complexity index is 658. The van der Waals surface area contributed by atoms with Gasteiger partial charge in [-0.05, 0) is 6.07 Å². The van der Waals surface area contributed by atoms with Gasteiger partial charge in [0.15, 0.2) is 0 Å². The minimum atomic E-state index is -0.697. The number of carbonyl (C=O) groups excluding carboxylic acids is 1. The van der Waals surface area contributed by atoms with Crippen LogP contribution < -0.4 is 5.32 Å². The molecule has 0 radical (unpaired) electrons. The van der Waals surface area contributed by atoms with E-state index in [-0.39, 0.29) is 22.2 Å². The number of aromatic amines is 1. The summed E-state index contributed by atoms with van der Waals surface area (Å²) in [6, 6.07) is 2.35. The lowest BCUT2D eigenvalue weighted by atomic mass is 10.2. The average Bonchev–Trinajstić information content (AvgIpc) is 2.91. The molecule has 0 saturated heterocycles. The first kappa shape index (κ1) is 14.3. The molecule has 2 rings (SSSR count). The lowest BCUT2D eigenvalue weighted by Crippen LogP contribution is -2.23. The largest absolute Gasteiger partial charge is 0.347 e. The number of nitro groups is 1. The fourth-order valence-corrected chi connectivity index (χ4v) is 1.89. The minimum Gasteiger partial charge on any atom is -0.347 e. The summed E-state index contributed by atoms with van der Waals surface area (Å²) < 4.78 is 0. The lowest BCUT2D eigenvalue weighted by molar-refractivity contribution is -0.384. The van der Waals surface area contributed by atoms with Crippen molar-refractivity contribution in [3.05, 3.63) is 56.1 Å². The molecule has 1 heterocycles. The number of aromatic nitrogens is 2. The van der Waals surface area contributed by atoms with Crippen molar-refractivity contribution in [1.29, 1.82) is 0 Å². The molecule has 0 aliphatic heterocycles. The Morgan fingerprint density at radius 2 is 2.20 bits per heavy atom. The molecule has 2 N–H and O–H groups in total. The molecule has 0 fully saturated rings. The number of benzene rings is 1. The number of halogens is 2. The van der Waals surface area contributed by atoms with Gasteiger partial charge in [-0.15, -0.1) is 0 Å². The van der Waals surface area contributed by atoms with Crippen LogP contribution in [0.3, 0.4) is 0 Å². The van der Waals surface area contributed by atoms with Crippen LogP contribution in [0.25, 0.3) is 0 Å². The predicted octanol–water partition coefficient (Wildman–Crippen LogP) is 2.55. The van der Waals surface area contributed by atoms with Crippen molar-refractivity contribution >= 4 is 34.8 Å². The van der Waals surface area contributed by atoms with E-state index in [1.54, 1.807) is 12.4 Å². The first-order chi connectivity index (χ1) is 9.49. The van der Waals surface area contributed by atoms with E-state index in [0.717, 1.165) is 6.07 Å². The quantitative estimate of drug-likeness (QED) is 0.668.